The number of hydrogen-bond acceptors (Lipinski definition) is 4. The molecule has 1 aromatic heterocycles. The summed E-state index contributed by atoms with van der Waals surface area (Å²) in [5.41, 5.74) is 1.57. The van der Waals surface area contributed by atoms with Crippen molar-refractivity contribution in [2.45, 2.75) is 0 Å². The van der Waals surface area contributed by atoms with E-state index in [9.17, 15) is 0 Å². The van der Waals surface area contributed by atoms with Gasteiger partial charge in [-0.2, -0.15) is 5.26 Å². The number of aromatic nitrogens is 2. The molecular formula is C12H10N4. The minimum atomic E-state index is 0.637. The van der Waals surface area contributed by atoms with Gasteiger partial charge in [0.05, 0.1) is 11.6 Å². The Kier molecular flexibility index (Phi) is 2.79. The highest BCUT2D eigenvalue weighted by atomic mass is 15.2. The Morgan fingerprint density at radius 2 is 2.19 bits per heavy atom. The third-order valence-electron chi connectivity index (χ3n) is 2.27. The van der Waals surface area contributed by atoms with Gasteiger partial charge in [0.25, 0.3) is 0 Å². The van der Waals surface area contributed by atoms with E-state index < -0.39 is 0 Å². The molecule has 0 saturated heterocycles. The molecule has 0 aliphatic carbocycles. The summed E-state index contributed by atoms with van der Waals surface area (Å²) in [6.07, 6.45) is 3.19. The van der Waals surface area contributed by atoms with E-state index in [0.29, 0.717) is 5.56 Å². The number of rotatable bonds is 2. The van der Waals surface area contributed by atoms with Crippen LogP contribution < -0.4 is 4.90 Å². The second kappa shape index (κ2) is 4.41. The van der Waals surface area contributed by atoms with Gasteiger partial charge in [0, 0.05) is 18.9 Å². The van der Waals surface area contributed by atoms with E-state index in [4.69, 9.17) is 5.26 Å². The molecule has 0 atom stereocenters. The summed E-state index contributed by atoms with van der Waals surface area (Å²) >= 11 is 0. The van der Waals surface area contributed by atoms with Gasteiger partial charge < -0.3 is 4.90 Å². The van der Waals surface area contributed by atoms with Gasteiger partial charge in [-0.05, 0) is 24.3 Å². The molecular weight excluding hydrogens is 200 g/mol. The zero-order valence-corrected chi connectivity index (χ0v) is 8.83. The summed E-state index contributed by atoms with van der Waals surface area (Å²) in [7, 11) is 1.90. The molecule has 0 spiro atoms. The maximum atomic E-state index is 8.82. The first kappa shape index (κ1) is 10.1. The van der Waals surface area contributed by atoms with E-state index in [2.05, 4.69) is 16.0 Å². The summed E-state index contributed by atoms with van der Waals surface area (Å²) in [6, 6.07) is 11.3. The standard InChI is InChI=1S/C12H10N4/c1-16(12-5-6-14-9-15-12)11-4-2-3-10(7-11)8-13/h2-7,9H,1H3. The second-order valence-electron chi connectivity index (χ2n) is 3.29. The molecule has 0 bridgehead atoms. The molecule has 0 amide bonds. The maximum Gasteiger partial charge on any atom is 0.136 e. The average Bonchev–Trinajstić information content (AvgIpc) is 2.39. The summed E-state index contributed by atoms with van der Waals surface area (Å²) in [5.74, 6) is 0.796. The molecule has 0 N–H and O–H groups in total. The molecule has 0 aliphatic rings. The van der Waals surface area contributed by atoms with Crippen molar-refractivity contribution in [1.82, 2.24) is 9.97 Å². The van der Waals surface area contributed by atoms with Crippen LogP contribution in [0.2, 0.25) is 0 Å². The molecule has 4 nitrogen and oxygen atoms in total. The first-order chi connectivity index (χ1) is 7.81. The van der Waals surface area contributed by atoms with Crippen LogP contribution in [0.1, 0.15) is 5.56 Å². The zero-order valence-electron chi connectivity index (χ0n) is 8.83. The van der Waals surface area contributed by atoms with Gasteiger partial charge in [-0.15, -0.1) is 0 Å². The van der Waals surface area contributed by atoms with Gasteiger partial charge >= 0.3 is 0 Å². The fraction of sp³-hybridized carbons (Fsp3) is 0.0833. The third-order valence-corrected chi connectivity index (χ3v) is 2.27. The fourth-order valence-electron chi connectivity index (χ4n) is 1.40. The van der Waals surface area contributed by atoms with Crippen molar-refractivity contribution in [2.75, 3.05) is 11.9 Å². The highest BCUT2D eigenvalue weighted by Crippen LogP contribution is 2.21. The number of anilines is 2. The van der Waals surface area contributed by atoms with E-state index in [1.54, 1.807) is 12.3 Å². The molecule has 4 heteroatoms. The lowest BCUT2D eigenvalue weighted by Gasteiger charge is -2.17. The third kappa shape index (κ3) is 1.98. The maximum absolute atomic E-state index is 8.82. The summed E-state index contributed by atoms with van der Waals surface area (Å²) in [5, 5.41) is 8.82. The summed E-state index contributed by atoms with van der Waals surface area (Å²) < 4.78 is 0. The zero-order chi connectivity index (χ0) is 11.4. The topological polar surface area (TPSA) is 52.8 Å². The SMILES string of the molecule is CN(c1cccc(C#N)c1)c1ccncn1. The molecule has 2 aromatic rings. The quantitative estimate of drug-likeness (QED) is 0.761. The minimum absolute atomic E-state index is 0.637. The van der Waals surface area contributed by atoms with Crippen LogP contribution in [0.5, 0.6) is 0 Å². The predicted molar refractivity (Wildman–Crippen MR) is 61.3 cm³/mol. The van der Waals surface area contributed by atoms with Crippen LogP contribution in [0.3, 0.4) is 0 Å². The lowest BCUT2D eigenvalue weighted by atomic mass is 10.2. The molecule has 0 radical (unpaired) electrons. The molecule has 0 saturated carbocycles. The summed E-state index contributed by atoms with van der Waals surface area (Å²) in [4.78, 5) is 9.91. The Morgan fingerprint density at radius 3 is 2.88 bits per heavy atom. The molecule has 16 heavy (non-hydrogen) atoms. The van der Waals surface area contributed by atoms with E-state index in [1.807, 2.05) is 36.2 Å². The van der Waals surface area contributed by atoms with Gasteiger partial charge in [-0.25, -0.2) is 9.97 Å². The van der Waals surface area contributed by atoms with Crippen molar-refractivity contribution in [1.29, 1.82) is 5.26 Å². The van der Waals surface area contributed by atoms with E-state index in [1.165, 1.54) is 6.33 Å². The molecule has 0 unspecified atom stereocenters. The first-order valence-electron chi connectivity index (χ1n) is 4.81. The van der Waals surface area contributed by atoms with Crippen LogP contribution in [-0.4, -0.2) is 17.0 Å². The number of hydrogen-bond donors (Lipinski definition) is 0. The molecule has 78 valence electrons. The minimum Gasteiger partial charge on any atom is -0.329 e. The fourth-order valence-corrected chi connectivity index (χ4v) is 1.40. The Bertz CT molecular complexity index is 516. The lowest BCUT2D eigenvalue weighted by molar-refractivity contribution is 1.08. The predicted octanol–water partition coefficient (Wildman–Crippen LogP) is 2.12. The van der Waals surface area contributed by atoms with Crippen LogP contribution in [0.4, 0.5) is 11.5 Å². The normalized spacial score (nSPS) is 9.50. The smallest absolute Gasteiger partial charge is 0.136 e. The number of nitriles is 1. The van der Waals surface area contributed by atoms with Gasteiger partial charge in [0.2, 0.25) is 0 Å². The van der Waals surface area contributed by atoms with Crippen LogP contribution in [0, 0.1) is 11.3 Å². The monoisotopic (exact) mass is 210 g/mol. The van der Waals surface area contributed by atoms with Crippen molar-refractivity contribution in [3.8, 4) is 6.07 Å². The van der Waals surface area contributed by atoms with E-state index >= 15 is 0 Å². The Morgan fingerprint density at radius 1 is 1.31 bits per heavy atom. The number of benzene rings is 1. The second-order valence-corrected chi connectivity index (χ2v) is 3.29. The van der Waals surface area contributed by atoms with Crippen LogP contribution in [-0.2, 0) is 0 Å². The highest BCUT2D eigenvalue weighted by molar-refractivity contribution is 5.60. The van der Waals surface area contributed by atoms with Crippen LogP contribution in [0.25, 0.3) is 0 Å². The average molecular weight is 210 g/mol. The Balaban J connectivity index is 2.35. The van der Waals surface area contributed by atoms with Crippen molar-refractivity contribution < 1.29 is 0 Å². The van der Waals surface area contributed by atoms with Crippen molar-refractivity contribution in [3.63, 3.8) is 0 Å². The van der Waals surface area contributed by atoms with Gasteiger partial charge in [-0.3, -0.25) is 0 Å². The highest BCUT2D eigenvalue weighted by Gasteiger charge is 2.04. The van der Waals surface area contributed by atoms with Gasteiger partial charge in [-0.1, -0.05) is 6.07 Å². The molecule has 1 heterocycles. The molecule has 2 rings (SSSR count). The van der Waals surface area contributed by atoms with Gasteiger partial charge in [0.1, 0.15) is 12.1 Å². The van der Waals surface area contributed by atoms with E-state index in [0.717, 1.165) is 11.5 Å². The van der Waals surface area contributed by atoms with Crippen molar-refractivity contribution in [2.24, 2.45) is 0 Å². The van der Waals surface area contributed by atoms with Crippen LogP contribution in [0.15, 0.2) is 42.9 Å². The Labute approximate surface area is 93.8 Å². The van der Waals surface area contributed by atoms with E-state index in [-0.39, 0.29) is 0 Å². The summed E-state index contributed by atoms with van der Waals surface area (Å²) in [6.45, 7) is 0. The van der Waals surface area contributed by atoms with Crippen molar-refractivity contribution >= 4 is 11.5 Å². The molecule has 1 aromatic carbocycles. The van der Waals surface area contributed by atoms with Gasteiger partial charge in [0.15, 0.2) is 0 Å². The van der Waals surface area contributed by atoms with Crippen LogP contribution >= 0.6 is 0 Å². The Hall–Kier alpha value is -2.41. The molecule has 0 fully saturated rings. The van der Waals surface area contributed by atoms with Crippen molar-refractivity contribution in [3.05, 3.63) is 48.4 Å². The lowest BCUT2D eigenvalue weighted by Crippen LogP contribution is -2.11. The number of nitrogens with zero attached hydrogens (tertiary/aromatic N) is 4. The first-order valence-corrected chi connectivity index (χ1v) is 4.81. The largest absolute Gasteiger partial charge is 0.329 e. The molecule has 0 aliphatic heterocycles.